The van der Waals surface area contributed by atoms with Crippen LogP contribution < -0.4 is 5.32 Å². The van der Waals surface area contributed by atoms with Gasteiger partial charge in [0.05, 0.1) is 18.4 Å². The predicted molar refractivity (Wildman–Crippen MR) is 181 cm³/mol. The summed E-state index contributed by atoms with van der Waals surface area (Å²) in [6.45, 7) is 2.74. The van der Waals surface area contributed by atoms with Gasteiger partial charge in [0.15, 0.2) is 0 Å². The Balaban J connectivity index is 1.17. The molecule has 0 radical (unpaired) electrons. The lowest BCUT2D eigenvalue weighted by atomic mass is 9.83. The van der Waals surface area contributed by atoms with Crippen molar-refractivity contribution in [3.63, 3.8) is 0 Å². The Hall–Kier alpha value is -4.95. The zero-order valence-corrected chi connectivity index (χ0v) is 26.5. The summed E-state index contributed by atoms with van der Waals surface area (Å²) in [5.74, 6) is -1.22. The number of amides is 2. The van der Waals surface area contributed by atoms with E-state index in [9.17, 15) is 19.5 Å². The molecule has 2 amide bonds. The van der Waals surface area contributed by atoms with Gasteiger partial charge in [0.25, 0.3) is 0 Å². The summed E-state index contributed by atoms with van der Waals surface area (Å²) >= 11 is 0. The van der Waals surface area contributed by atoms with Crippen LogP contribution in [0.2, 0.25) is 0 Å². The second-order valence-corrected chi connectivity index (χ2v) is 12.6. The van der Waals surface area contributed by atoms with Crippen LogP contribution in [-0.2, 0) is 27.4 Å². The molecule has 0 bridgehead atoms. The number of aliphatic carboxylic acids is 1. The van der Waals surface area contributed by atoms with Crippen molar-refractivity contribution >= 4 is 18.0 Å². The van der Waals surface area contributed by atoms with E-state index in [1.54, 1.807) is 4.90 Å². The Morgan fingerprint density at radius 2 is 1.34 bits per heavy atom. The zero-order chi connectivity index (χ0) is 32.6. The minimum Gasteiger partial charge on any atom is -0.481 e. The van der Waals surface area contributed by atoms with Crippen molar-refractivity contribution in [1.82, 2.24) is 15.1 Å². The van der Waals surface area contributed by atoms with Crippen LogP contribution in [-0.4, -0.2) is 64.7 Å². The minimum absolute atomic E-state index is 0.0584. The van der Waals surface area contributed by atoms with E-state index in [1.165, 1.54) is 5.56 Å². The van der Waals surface area contributed by atoms with E-state index in [4.69, 9.17) is 4.74 Å². The van der Waals surface area contributed by atoms with Crippen molar-refractivity contribution in [3.8, 4) is 11.1 Å². The Morgan fingerprint density at radius 1 is 0.787 bits per heavy atom. The van der Waals surface area contributed by atoms with Crippen molar-refractivity contribution in [2.24, 2.45) is 0 Å². The number of nitrogens with one attached hydrogen (secondary N) is 1. The van der Waals surface area contributed by atoms with E-state index in [0.29, 0.717) is 32.5 Å². The molecule has 1 saturated heterocycles. The van der Waals surface area contributed by atoms with Crippen molar-refractivity contribution < 1.29 is 24.2 Å². The summed E-state index contributed by atoms with van der Waals surface area (Å²) in [6.07, 6.45) is 0.484. The maximum Gasteiger partial charge on any atom is 0.407 e. The van der Waals surface area contributed by atoms with Gasteiger partial charge >= 0.3 is 12.1 Å². The Labute approximate surface area is 276 Å². The third-order valence-electron chi connectivity index (χ3n) is 9.43. The number of benzene rings is 4. The van der Waals surface area contributed by atoms with Gasteiger partial charge in [0, 0.05) is 38.6 Å². The molecule has 0 spiro atoms. The molecule has 8 heteroatoms. The van der Waals surface area contributed by atoms with Gasteiger partial charge < -0.3 is 20.1 Å². The van der Waals surface area contributed by atoms with Crippen molar-refractivity contribution in [3.05, 3.63) is 131 Å². The standard InChI is InChI=1S/C39H41N3O5/c43-36(42(22-19-37(44)45)27-30-13-5-2-6-14-30)25-39(20-23-41(24-21-39)26-29-11-3-1-4-12-29)40-38(46)47-28-35-33-17-9-7-15-31(33)32-16-8-10-18-34(32)35/h1-18,35H,19-28H2,(H,40,46)(H,44,45). The molecule has 0 saturated carbocycles. The number of fused-ring (bicyclic) bond motifs is 3. The number of hydrogen-bond acceptors (Lipinski definition) is 5. The van der Waals surface area contributed by atoms with Crippen molar-refractivity contribution in [2.45, 2.75) is 50.2 Å². The normalized spacial score (nSPS) is 15.3. The van der Waals surface area contributed by atoms with E-state index >= 15 is 0 Å². The quantitative estimate of drug-likeness (QED) is 0.186. The largest absolute Gasteiger partial charge is 0.481 e. The number of carbonyl (C=O) groups is 3. The number of piperidine rings is 1. The molecule has 0 unspecified atom stereocenters. The van der Waals surface area contributed by atoms with Gasteiger partial charge in [-0.2, -0.15) is 0 Å². The number of carboxylic acids is 1. The number of likely N-dealkylation sites (tertiary alicyclic amines) is 1. The highest BCUT2D eigenvalue weighted by atomic mass is 16.5. The number of nitrogens with zero attached hydrogens (tertiary/aromatic N) is 2. The first-order valence-electron chi connectivity index (χ1n) is 16.3. The molecule has 0 atom stereocenters. The summed E-state index contributed by atoms with van der Waals surface area (Å²) in [5, 5.41) is 12.6. The van der Waals surface area contributed by atoms with Crippen LogP contribution in [0.25, 0.3) is 11.1 Å². The van der Waals surface area contributed by atoms with Gasteiger partial charge in [-0.25, -0.2) is 4.79 Å². The molecular formula is C39H41N3O5. The third kappa shape index (κ3) is 7.89. The molecule has 1 aliphatic carbocycles. The number of alkyl carbamates (subject to hydrolysis) is 1. The SMILES string of the molecule is O=C(O)CCN(Cc1ccccc1)C(=O)CC1(NC(=O)OCC2c3ccccc3-c3ccccc32)CCN(Cc2ccccc2)CC1. The zero-order valence-electron chi connectivity index (χ0n) is 26.5. The van der Waals surface area contributed by atoms with Gasteiger partial charge in [-0.15, -0.1) is 0 Å². The molecule has 8 nitrogen and oxygen atoms in total. The molecule has 47 heavy (non-hydrogen) atoms. The van der Waals surface area contributed by atoms with Crippen molar-refractivity contribution in [1.29, 1.82) is 0 Å². The first kappa shape index (κ1) is 32.0. The fourth-order valence-electron chi connectivity index (χ4n) is 6.91. The molecule has 6 rings (SSSR count). The smallest absolute Gasteiger partial charge is 0.407 e. The molecule has 1 heterocycles. The first-order valence-corrected chi connectivity index (χ1v) is 16.3. The summed E-state index contributed by atoms with van der Waals surface area (Å²) in [7, 11) is 0. The van der Waals surface area contributed by atoms with E-state index in [1.807, 2.05) is 72.8 Å². The predicted octanol–water partition coefficient (Wildman–Crippen LogP) is 6.45. The Bertz CT molecular complexity index is 1640. The topological polar surface area (TPSA) is 99.2 Å². The number of ether oxygens (including phenoxy) is 1. The Morgan fingerprint density at radius 3 is 1.94 bits per heavy atom. The molecule has 1 fully saturated rings. The van der Waals surface area contributed by atoms with Gasteiger partial charge in [-0.05, 0) is 46.2 Å². The number of rotatable bonds is 12. The average molecular weight is 632 g/mol. The molecule has 242 valence electrons. The van der Waals surface area contributed by atoms with E-state index in [2.05, 4.69) is 46.6 Å². The maximum absolute atomic E-state index is 14.0. The second-order valence-electron chi connectivity index (χ2n) is 12.6. The monoisotopic (exact) mass is 631 g/mol. The lowest BCUT2D eigenvalue weighted by Gasteiger charge is -2.42. The van der Waals surface area contributed by atoms with Gasteiger partial charge in [-0.1, -0.05) is 109 Å². The highest BCUT2D eigenvalue weighted by Crippen LogP contribution is 2.44. The van der Waals surface area contributed by atoms with E-state index < -0.39 is 17.6 Å². The highest BCUT2D eigenvalue weighted by Gasteiger charge is 2.40. The minimum atomic E-state index is -0.962. The van der Waals surface area contributed by atoms with Crippen LogP contribution >= 0.6 is 0 Å². The van der Waals surface area contributed by atoms with E-state index in [-0.39, 0.29) is 37.8 Å². The van der Waals surface area contributed by atoms with Gasteiger partial charge in [0.1, 0.15) is 6.61 Å². The molecular weight excluding hydrogens is 590 g/mol. The molecule has 2 N–H and O–H groups in total. The van der Waals surface area contributed by atoms with Crippen LogP contribution in [0.15, 0.2) is 109 Å². The molecule has 0 aromatic heterocycles. The fraction of sp³-hybridized carbons (Fsp3) is 0.308. The van der Waals surface area contributed by atoms with Gasteiger partial charge in [-0.3, -0.25) is 14.5 Å². The number of carbonyl (C=O) groups excluding carboxylic acids is 2. The number of carboxylic acid groups (broad SMARTS) is 1. The maximum atomic E-state index is 14.0. The third-order valence-corrected chi connectivity index (χ3v) is 9.43. The van der Waals surface area contributed by atoms with Gasteiger partial charge in [0.2, 0.25) is 5.91 Å². The van der Waals surface area contributed by atoms with Crippen LogP contribution in [0.1, 0.15) is 53.9 Å². The first-order chi connectivity index (χ1) is 22.9. The average Bonchev–Trinajstić information content (AvgIpc) is 3.41. The molecule has 1 aliphatic heterocycles. The summed E-state index contributed by atoms with van der Waals surface area (Å²) in [4.78, 5) is 43.0. The molecule has 4 aromatic carbocycles. The number of hydrogen-bond donors (Lipinski definition) is 2. The second kappa shape index (κ2) is 14.6. The Kier molecular flexibility index (Phi) is 9.97. The van der Waals surface area contributed by atoms with Crippen LogP contribution in [0.3, 0.4) is 0 Å². The lowest BCUT2D eigenvalue weighted by Crippen LogP contribution is -2.57. The van der Waals surface area contributed by atoms with E-state index in [0.717, 1.165) is 34.4 Å². The van der Waals surface area contributed by atoms with Crippen LogP contribution in [0, 0.1) is 0 Å². The summed E-state index contributed by atoms with van der Waals surface area (Å²) < 4.78 is 5.94. The summed E-state index contributed by atoms with van der Waals surface area (Å²) in [6, 6.07) is 36.2. The molecule has 4 aromatic rings. The highest BCUT2D eigenvalue weighted by molar-refractivity contribution is 5.80. The summed E-state index contributed by atoms with van der Waals surface area (Å²) in [5.41, 5.74) is 5.89. The van der Waals surface area contributed by atoms with Crippen LogP contribution in [0.4, 0.5) is 4.79 Å². The van der Waals surface area contributed by atoms with Crippen molar-refractivity contribution in [2.75, 3.05) is 26.2 Å². The lowest BCUT2D eigenvalue weighted by molar-refractivity contribution is -0.139. The van der Waals surface area contributed by atoms with Crippen LogP contribution in [0.5, 0.6) is 0 Å². The molecule has 2 aliphatic rings. The fourth-order valence-corrected chi connectivity index (χ4v) is 6.91.